The van der Waals surface area contributed by atoms with Crippen LogP contribution in [0.5, 0.6) is 0 Å². The summed E-state index contributed by atoms with van der Waals surface area (Å²) in [6, 6.07) is 18.2. The maximum absolute atomic E-state index is 13.2. The summed E-state index contributed by atoms with van der Waals surface area (Å²) >= 11 is 0. The zero-order chi connectivity index (χ0) is 16.5. The van der Waals surface area contributed by atoms with E-state index < -0.39 is 11.6 Å². The van der Waals surface area contributed by atoms with Gasteiger partial charge in [0, 0.05) is 0 Å². The van der Waals surface area contributed by atoms with Crippen molar-refractivity contribution in [2.24, 2.45) is 5.10 Å². The standard InChI is InChI=1S/C20H14F2N2/c21-19-8-5-13(9-20(19)22)12-23-24-16-6-7-18-15(11-16)10-14-3-1-2-4-17(14)18/h1-9,11-12,24H,10H2/b23-12+. The van der Waals surface area contributed by atoms with Gasteiger partial charge in [0.05, 0.1) is 11.9 Å². The minimum absolute atomic E-state index is 0.495. The Balaban J connectivity index is 1.51. The maximum Gasteiger partial charge on any atom is 0.159 e. The highest BCUT2D eigenvalue weighted by atomic mass is 19.2. The Hall–Kier alpha value is -3.01. The molecule has 0 radical (unpaired) electrons. The van der Waals surface area contributed by atoms with Gasteiger partial charge in [0.15, 0.2) is 11.6 Å². The van der Waals surface area contributed by atoms with Crippen molar-refractivity contribution in [2.45, 2.75) is 6.42 Å². The smallest absolute Gasteiger partial charge is 0.159 e. The molecular weight excluding hydrogens is 306 g/mol. The van der Waals surface area contributed by atoms with E-state index in [0.29, 0.717) is 5.56 Å². The fourth-order valence-corrected chi connectivity index (χ4v) is 2.99. The number of hydrogen-bond acceptors (Lipinski definition) is 2. The number of benzene rings is 3. The molecule has 0 atom stereocenters. The molecule has 0 fully saturated rings. The lowest BCUT2D eigenvalue weighted by Gasteiger charge is -2.04. The van der Waals surface area contributed by atoms with Crippen molar-refractivity contribution in [3.63, 3.8) is 0 Å². The molecule has 0 amide bonds. The van der Waals surface area contributed by atoms with Crippen LogP contribution < -0.4 is 5.43 Å². The van der Waals surface area contributed by atoms with Gasteiger partial charge in [-0.15, -0.1) is 0 Å². The molecule has 0 aromatic heterocycles. The molecule has 3 aromatic rings. The van der Waals surface area contributed by atoms with Crippen LogP contribution in [0, 0.1) is 11.6 Å². The number of hydrazone groups is 1. The molecule has 2 nitrogen and oxygen atoms in total. The van der Waals surface area contributed by atoms with Gasteiger partial charge in [-0.25, -0.2) is 8.78 Å². The lowest BCUT2D eigenvalue weighted by molar-refractivity contribution is 0.508. The van der Waals surface area contributed by atoms with Gasteiger partial charge >= 0.3 is 0 Å². The molecule has 1 N–H and O–H groups in total. The van der Waals surface area contributed by atoms with E-state index in [1.807, 2.05) is 12.1 Å². The SMILES string of the molecule is Fc1ccc(/C=N/Nc2ccc3c(c2)Cc2ccccc2-3)cc1F. The molecule has 0 heterocycles. The second kappa shape index (κ2) is 5.89. The second-order valence-corrected chi connectivity index (χ2v) is 5.75. The molecule has 0 spiro atoms. The fourth-order valence-electron chi connectivity index (χ4n) is 2.99. The molecule has 4 heteroatoms. The summed E-state index contributed by atoms with van der Waals surface area (Å²) in [5.41, 5.74) is 9.41. The van der Waals surface area contributed by atoms with E-state index in [4.69, 9.17) is 0 Å². The third-order valence-electron chi connectivity index (χ3n) is 4.14. The van der Waals surface area contributed by atoms with Crippen LogP contribution in [0.4, 0.5) is 14.5 Å². The van der Waals surface area contributed by atoms with Crippen molar-refractivity contribution in [1.82, 2.24) is 0 Å². The van der Waals surface area contributed by atoms with Crippen LogP contribution in [-0.4, -0.2) is 6.21 Å². The molecule has 118 valence electrons. The van der Waals surface area contributed by atoms with Crippen molar-refractivity contribution >= 4 is 11.9 Å². The largest absolute Gasteiger partial charge is 0.278 e. The van der Waals surface area contributed by atoms with E-state index in [2.05, 4.69) is 40.9 Å². The van der Waals surface area contributed by atoms with E-state index in [1.54, 1.807) is 0 Å². The van der Waals surface area contributed by atoms with E-state index in [1.165, 1.54) is 34.5 Å². The van der Waals surface area contributed by atoms with Gasteiger partial charge in [-0.1, -0.05) is 36.4 Å². The Kier molecular flexibility index (Phi) is 3.58. The second-order valence-electron chi connectivity index (χ2n) is 5.75. The summed E-state index contributed by atoms with van der Waals surface area (Å²) in [5, 5.41) is 4.09. The minimum Gasteiger partial charge on any atom is -0.278 e. The van der Waals surface area contributed by atoms with Crippen LogP contribution in [0.2, 0.25) is 0 Å². The number of halogens is 2. The number of nitrogens with zero attached hydrogens (tertiary/aromatic N) is 1. The number of nitrogens with one attached hydrogen (secondary N) is 1. The van der Waals surface area contributed by atoms with Crippen molar-refractivity contribution in [3.05, 3.63) is 89.0 Å². The number of fused-ring (bicyclic) bond motifs is 3. The van der Waals surface area contributed by atoms with Gasteiger partial charge in [0.2, 0.25) is 0 Å². The average molecular weight is 320 g/mol. The summed E-state index contributed by atoms with van der Waals surface area (Å²) in [6.07, 6.45) is 2.37. The van der Waals surface area contributed by atoms with Crippen LogP contribution in [0.25, 0.3) is 11.1 Å². The Morgan fingerprint density at radius 3 is 2.54 bits per heavy atom. The molecule has 0 saturated heterocycles. The van der Waals surface area contributed by atoms with Crippen LogP contribution >= 0.6 is 0 Å². The molecule has 1 aliphatic carbocycles. The van der Waals surface area contributed by atoms with Crippen LogP contribution in [-0.2, 0) is 6.42 Å². The lowest BCUT2D eigenvalue weighted by Crippen LogP contribution is -1.93. The van der Waals surface area contributed by atoms with Gasteiger partial charge in [0.1, 0.15) is 0 Å². The first-order valence-electron chi connectivity index (χ1n) is 7.66. The highest BCUT2D eigenvalue weighted by molar-refractivity contribution is 5.81. The van der Waals surface area contributed by atoms with Crippen molar-refractivity contribution < 1.29 is 8.78 Å². The summed E-state index contributed by atoms with van der Waals surface area (Å²) < 4.78 is 26.0. The quantitative estimate of drug-likeness (QED) is 0.418. The molecular formula is C20H14F2N2. The van der Waals surface area contributed by atoms with Gasteiger partial charge in [-0.2, -0.15) is 5.10 Å². The maximum atomic E-state index is 13.2. The third-order valence-corrected chi connectivity index (χ3v) is 4.14. The van der Waals surface area contributed by atoms with Gasteiger partial charge in [0.25, 0.3) is 0 Å². The first kappa shape index (κ1) is 14.6. The highest BCUT2D eigenvalue weighted by Gasteiger charge is 2.17. The Morgan fingerprint density at radius 1 is 0.833 bits per heavy atom. The lowest BCUT2D eigenvalue weighted by atomic mass is 10.1. The Labute approximate surface area is 138 Å². The van der Waals surface area contributed by atoms with Crippen molar-refractivity contribution in [1.29, 1.82) is 0 Å². The number of rotatable bonds is 3. The first-order valence-corrected chi connectivity index (χ1v) is 7.66. The van der Waals surface area contributed by atoms with Crippen LogP contribution in [0.1, 0.15) is 16.7 Å². The third kappa shape index (κ3) is 2.67. The van der Waals surface area contributed by atoms with Gasteiger partial charge in [-0.05, 0) is 58.5 Å². The molecule has 0 unspecified atom stereocenters. The van der Waals surface area contributed by atoms with Crippen LogP contribution in [0.3, 0.4) is 0 Å². The van der Waals surface area contributed by atoms with Gasteiger partial charge < -0.3 is 0 Å². The van der Waals surface area contributed by atoms with Gasteiger partial charge in [-0.3, -0.25) is 5.43 Å². The van der Waals surface area contributed by atoms with E-state index in [0.717, 1.165) is 24.2 Å². The fraction of sp³-hybridized carbons (Fsp3) is 0.0500. The summed E-state index contributed by atoms with van der Waals surface area (Å²) in [7, 11) is 0. The average Bonchev–Trinajstić information content (AvgIpc) is 2.96. The van der Waals surface area contributed by atoms with E-state index in [-0.39, 0.29) is 0 Å². The monoisotopic (exact) mass is 320 g/mol. The highest BCUT2D eigenvalue weighted by Crippen LogP contribution is 2.37. The molecule has 4 rings (SSSR count). The molecule has 1 aliphatic rings. The molecule has 0 bridgehead atoms. The molecule has 3 aromatic carbocycles. The van der Waals surface area contributed by atoms with E-state index in [9.17, 15) is 8.78 Å². The minimum atomic E-state index is -0.880. The topological polar surface area (TPSA) is 24.4 Å². The molecule has 0 saturated carbocycles. The predicted octanol–water partition coefficient (Wildman–Crippen LogP) is 4.98. The van der Waals surface area contributed by atoms with E-state index >= 15 is 0 Å². The molecule has 0 aliphatic heterocycles. The number of anilines is 1. The summed E-state index contributed by atoms with van der Waals surface area (Å²) in [6.45, 7) is 0. The predicted molar refractivity (Wildman–Crippen MR) is 92.3 cm³/mol. The summed E-state index contributed by atoms with van der Waals surface area (Å²) in [5.74, 6) is -1.74. The Morgan fingerprint density at radius 2 is 1.67 bits per heavy atom. The Bertz CT molecular complexity index is 948. The normalized spacial score (nSPS) is 12.2. The van der Waals surface area contributed by atoms with Crippen LogP contribution in [0.15, 0.2) is 65.8 Å². The first-order chi connectivity index (χ1) is 11.7. The zero-order valence-corrected chi connectivity index (χ0v) is 12.8. The number of hydrogen-bond donors (Lipinski definition) is 1. The van der Waals surface area contributed by atoms with Crippen molar-refractivity contribution in [3.8, 4) is 11.1 Å². The molecule has 24 heavy (non-hydrogen) atoms. The summed E-state index contributed by atoms with van der Waals surface area (Å²) in [4.78, 5) is 0. The van der Waals surface area contributed by atoms with Crippen molar-refractivity contribution in [2.75, 3.05) is 5.43 Å². The zero-order valence-electron chi connectivity index (χ0n) is 12.8.